The summed E-state index contributed by atoms with van der Waals surface area (Å²) >= 11 is 5.55. The average molecular weight is 286 g/mol. The summed E-state index contributed by atoms with van der Waals surface area (Å²) in [7, 11) is 0. The van der Waals surface area contributed by atoms with Gasteiger partial charge in [0.1, 0.15) is 0 Å². The van der Waals surface area contributed by atoms with Gasteiger partial charge in [-0.3, -0.25) is 5.32 Å². The Balaban J connectivity index is 2.18. The van der Waals surface area contributed by atoms with Crippen molar-refractivity contribution in [3.05, 3.63) is 33.8 Å². The number of halogens is 1. The first-order valence-corrected chi connectivity index (χ1v) is 7.14. The van der Waals surface area contributed by atoms with E-state index in [4.69, 9.17) is 0 Å². The maximum absolute atomic E-state index is 3.63. The number of hydrogen-bond donors (Lipinski definition) is 1. The van der Waals surface area contributed by atoms with Gasteiger partial charge in [-0.25, -0.2) is 0 Å². The van der Waals surface area contributed by atoms with Crippen molar-refractivity contribution >= 4 is 27.7 Å². The topological polar surface area (TPSA) is 12.0 Å². The minimum absolute atomic E-state index is 0.473. The zero-order chi connectivity index (χ0) is 10.8. The Kier molecular flexibility index (Phi) is 3.75. The van der Waals surface area contributed by atoms with Crippen molar-refractivity contribution in [3.8, 4) is 0 Å². The first-order chi connectivity index (χ1) is 7.16. The van der Waals surface area contributed by atoms with Crippen LogP contribution in [0.15, 0.2) is 22.7 Å². The molecule has 1 nitrogen and oxygen atoms in total. The second kappa shape index (κ2) is 4.89. The lowest BCUT2D eigenvalue weighted by Gasteiger charge is -2.28. The fourth-order valence-electron chi connectivity index (χ4n) is 1.78. The van der Waals surface area contributed by atoms with Crippen molar-refractivity contribution in [2.75, 3.05) is 5.75 Å². The molecule has 1 aliphatic heterocycles. The zero-order valence-electron chi connectivity index (χ0n) is 9.09. The highest BCUT2D eigenvalue weighted by atomic mass is 79.9. The Morgan fingerprint density at radius 3 is 2.93 bits per heavy atom. The van der Waals surface area contributed by atoms with Crippen LogP contribution in [0.25, 0.3) is 0 Å². The smallest absolute Gasteiger partial charge is 0.0791 e. The Morgan fingerprint density at radius 1 is 1.47 bits per heavy atom. The van der Waals surface area contributed by atoms with Crippen LogP contribution in [0.4, 0.5) is 0 Å². The molecule has 0 saturated carbocycles. The molecule has 0 aromatic heterocycles. The van der Waals surface area contributed by atoms with Crippen molar-refractivity contribution in [2.24, 2.45) is 0 Å². The Morgan fingerprint density at radius 2 is 2.27 bits per heavy atom. The van der Waals surface area contributed by atoms with E-state index < -0.39 is 0 Å². The molecule has 15 heavy (non-hydrogen) atoms. The maximum Gasteiger partial charge on any atom is 0.0791 e. The van der Waals surface area contributed by atoms with E-state index in [1.807, 2.05) is 11.8 Å². The van der Waals surface area contributed by atoms with E-state index >= 15 is 0 Å². The molecule has 1 saturated heterocycles. The number of hydrogen-bond acceptors (Lipinski definition) is 2. The Labute approximate surface area is 104 Å². The lowest BCUT2D eigenvalue weighted by molar-refractivity contribution is 0.512. The van der Waals surface area contributed by atoms with Gasteiger partial charge in [0.15, 0.2) is 0 Å². The van der Waals surface area contributed by atoms with Gasteiger partial charge >= 0.3 is 0 Å². The molecular weight excluding hydrogens is 270 g/mol. The predicted octanol–water partition coefficient (Wildman–Crippen LogP) is 3.87. The predicted molar refractivity (Wildman–Crippen MR) is 71.3 cm³/mol. The standard InChI is InChI=1S/C12H16BrNS/c1-8-7-10(3-4-11(8)13)12-14-9(2)5-6-15-12/h3-4,7,9,12,14H,5-6H2,1-2H3. The normalized spacial score (nSPS) is 26.6. The number of nitrogens with one attached hydrogen (secondary N) is 1. The number of aryl methyl sites for hydroxylation is 1. The lowest BCUT2D eigenvalue weighted by atomic mass is 10.1. The van der Waals surface area contributed by atoms with Gasteiger partial charge in [-0.05, 0) is 43.2 Å². The van der Waals surface area contributed by atoms with Gasteiger partial charge in [0.25, 0.3) is 0 Å². The highest BCUT2D eigenvalue weighted by Crippen LogP contribution is 2.33. The zero-order valence-corrected chi connectivity index (χ0v) is 11.5. The van der Waals surface area contributed by atoms with Gasteiger partial charge in [-0.2, -0.15) is 0 Å². The summed E-state index contributed by atoms with van der Waals surface area (Å²) in [5.41, 5.74) is 2.71. The molecule has 1 fully saturated rings. The van der Waals surface area contributed by atoms with Crippen molar-refractivity contribution in [3.63, 3.8) is 0 Å². The van der Waals surface area contributed by atoms with Crippen LogP contribution in [0.5, 0.6) is 0 Å². The van der Waals surface area contributed by atoms with Gasteiger partial charge in [0, 0.05) is 10.5 Å². The minimum atomic E-state index is 0.473. The van der Waals surface area contributed by atoms with E-state index in [1.165, 1.54) is 27.8 Å². The molecule has 0 amide bonds. The molecule has 2 unspecified atom stereocenters. The summed E-state index contributed by atoms with van der Waals surface area (Å²) in [5.74, 6) is 1.26. The highest BCUT2D eigenvalue weighted by molar-refractivity contribution is 9.10. The third kappa shape index (κ3) is 2.77. The van der Waals surface area contributed by atoms with Crippen LogP contribution < -0.4 is 5.32 Å². The molecule has 1 N–H and O–H groups in total. The van der Waals surface area contributed by atoms with Crippen LogP contribution in [-0.2, 0) is 0 Å². The first-order valence-electron chi connectivity index (χ1n) is 5.30. The van der Waals surface area contributed by atoms with Crippen LogP contribution in [0.2, 0.25) is 0 Å². The SMILES string of the molecule is Cc1cc(C2NC(C)CCS2)ccc1Br. The summed E-state index contributed by atoms with van der Waals surface area (Å²) < 4.78 is 1.19. The molecule has 0 bridgehead atoms. The molecule has 2 atom stereocenters. The van der Waals surface area contributed by atoms with Crippen LogP contribution in [-0.4, -0.2) is 11.8 Å². The van der Waals surface area contributed by atoms with Crippen LogP contribution in [0.3, 0.4) is 0 Å². The summed E-state index contributed by atoms with van der Waals surface area (Å²) in [6, 6.07) is 7.26. The van der Waals surface area contributed by atoms with Gasteiger partial charge < -0.3 is 0 Å². The minimum Gasteiger partial charge on any atom is -0.299 e. The number of rotatable bonds is 1. The monoisotopic (exact) mass is 285 g/mol. The summed E-state index contributed by atoms with van der Waals surface area (Å²) in [6.07, 6.45) is 1.27. The molecule has 1 aliphatic rings. The first kappa shape index (κ1) is 11.5. The van der Waals surface area contributed by atoms with E-state index in [1.54, 1.807) is 0 Å². The summed E-state index contributed by atoms with van der Waals surface area (Å²) in [5, 5.41) is 4.10. The van der Waals surface area contributed by atoms with E-state index in [0.717, 1.165) is 0 Å². The van der Waals surface area contributed by atoms with Gasteiger partial charge in [-0.15, -0.1) is 11.8 Å². The molecular formula is C12H16BrNS. The molecule has 2 rings (SSSR count). The average Bonchev–Trinajstić information content (AvgIpc) is 2.22. The summed E-state index contributed by atoms with van der Waals surface area (Å²) in [4.78, 5) is 0. The Bertz CT molecular complexity index is 353. The molecule has 82 valence electrons. The van der Waals surface area contributed by atoms with Crippen molar-refractivity contribution in [1.29, 1.82) is 0 Å². The second-order valence-corrected chi connectivity index (χ2v) is 6.18. The number of thioether (sulfide) groups is 1. The third-order valence-electron chi connectivity index (χ3n) is 2.76. The van der Waals surface area contributed by atoms with Crippen LogP contribution in [0.1, 0.15) is 29.8 Å². The van der Waals surface area contributed by atoms with Gasteiger partial charge in [-0.1, -0.05) is 28.1 Å². The van der Waals surface area contributed by atoms with Crippen molar-refractivity contribution < 1.29 is 0 Å². The molecule has 3 heteroatoms. The van der Waals surface area contributed by atoms with E-state index in [2.05, 4.69) is 53.3 Å². The Hall–Kier alpha value is 0.01000. The maximum atomic E-state index is 3.63. The fourth-order valence-corrected chi connectivity index (χ4v) is 3.42. The van der Waals surface area contributed by atoms with Gasteiger partial charge in [0.2, 0.25) is 0 Å². The molecule has 1 aromatic rings. The highest BCUT2D eigenvalue weighted by Gasteiger charge is 2.19. The van der Waals surface area contributed by atoms with Crippen molar-refractivity contribution in [1.82, 2.24) is 5.32 Å². The second-order valence-electron chi connectivity index (χ2n) is 4.12. The third-order valence-corrected chi connectivity index (χ3v) is 4.86. The molecule has 0 aliphatic carbocycles. The fraction of sp³-hybridized carbons (Fsp3) is 0.500. The molecule has 1 aromatic carbocycles. The van der Waals surface area contributed by atoms with Gasteiger partial charge in [0.05, 0.1) is 5.37 Å². The summed E-state index contributed by atoms with van der Waals surface area (Å²) in [6.45, 7) is 4.41. The largest absolute Gasteiger partial charge is 0.299 e. The quantitative estimate of drug-likeness (QED) is 0.841. The van der Waals surface area contributed by atoms with Crippen LogP contribution in [0, 0.1) is 6.92 Å². The van der Waals surface area contributed by atoms with E-state index in [-0.39, 0.29) is 0 Å². The van der Waals surface area contributed by atoms with Crippen LogP contribution >= 0.6 is 27.7 Å². The molecule has 0 spiro atoms. The van der Waals surface area contributed by atoms with E-state index in [9.17, 15) is 0 Å². The molecule has 0 radical (unpaired) electrons. The van der Waals surface area contributed by atoms with E-state index in [0.29, 0.717) is 11.4 Å². The lowest BCUT2D eigenvalue weighted by Crippen LogP contribution is -2.33. The molecule has 1 heterocycles. The number of benzene rings is 1. The van der Waals surface area contributed by atoms with Crippen molar-refractivity contribution in [2.45, 2.75) is 31.7 Å².